The minimum atomic E-state index is -1.72. The first-order chi connectivity index (χ1) is 19.9. The number of carboxylic acid groups (broad SMARTS) is 2. The van der Waals surface area contributed by atoms with Crippen molar-refractivity contribution in [3.8, 4) is 0 Å². The van der Waals surface area contributed by atoms with Crippen LogP contribution in [-0.2, 0) is 41.7 Å². The SMILES string of the molecule is NC(N)=NCCC[C@H](NC(=O)C1Cc2ccccc2CN1)C(=O)NCC(=O)N[C@@H](CC(=O)O)C(=O)N[C@@H](CO)C(=O)O. The van der Waals surface area contributed by atoms with E-state index in [-0.39, 0.29) is 18.9 Å². The van der Waals surface area contributed by atoms with E-state index in [1.807, 2.05) is 29.6 Å². The maximum Gasteiger partial charge on any atom is 0.328 e. The normalized spacial score (nSPS) is 16.0. The summed E-state index contributed by atoms with van der Waals surface area (Å²) in [5.41, 5.74) is 12.7. The van der Waals surface area contributed by atoms with Crippen LogP contribution in [0.1, 0.15) is 30.4 Å². The summed E-state index contributed by atoms with van der Waals surface area (Å²) in [6.45, 7) is -1.02. The predicted octanol–water partition coefficient (Wildman–Crippen LogP) is -4.12. The number of nitrogens with one attached hydrogen (secondary N) is 5. The predicted molar refractivity (Wildman–Crippen MR) is 146 cm³/mol. The van der Waals surface area contributed by atoms with E-state index in [1.54, 1.807) is 0 Å². The van der Waals surface area contributed by atoms with Crippen LogP contribution in [0.3, 0.4) is 0 Å². The molecule has 0 aromatic heterocycles. The fraction of sp³-hybridized carbons (Fsp3) is 0.480. The molecule has 1 heterocycles. The van der Waals surface area contributed by atoms with Gasteiger partial charge in [-0.25, -0.2) is 4.79 Å². The number of hydrogen-bond acceptors (Lipinski definition) is 9. The molecule has 230 valence electrons. The van der Waals surface area contributed by atoms with Gasteiger partial charge in [-0.05, 0) is 30.4 Å². The molecule has 0 saturated carbocycles. The van der Waals surface area contributed by atoms with Crippen LogP contribution in [0.4, 0.5) is 0 Å². The third kappa shape index (κ3) is 11.0. The number of aliphatic carboxylic acids is 2. The molecule has 2 rings (SSSR count). The number of nitrogens with two attached hydrogens (primary N) is 2. The van der Waals surface area contributed by atoms with Crippen molar-refractivity contribution in [2.75, 3.05) is 19.7 Å². The van der Waals surface area contributed by atoms with Crippen LogP contribution in [0.25, 0.3) is 0 Å². The van der Waals surface area contributed by atoms with Gasteiger partial charge in [0.1, 0.15) is 18.1 Å². The van der Waals surface area contributed by atoms with Gasteiger partial charge in [0, 0.05) is 13.1 Å². The molecule has 0 bridgehead atoms. The number of carboxylic acids is 2. The molecule has 4 atom stereocenters. The highest BCUT2D eigenvalue weighted by molar-refractivity contribution is 5.95. The molecule has 17 heteroatoms. The first-order valence-electron chi connectivity index (χ1n) is 13.0. The fourth-order valence-corrected chi connectivity index (χ4v) is 4.06. The Hall–Kier alpha value is -4.77. The molecule has 1 aliphatic rings. The molecule has 42 heavy (non-hydrogen) atoms. The Bertz CT molecular complexity index is 1190. The fourth-order valence-electron chi connectivity index (χ4n) is 4.06. The van der Waals surface area contributed by atoms with Gasteiger partial charge in [-0.2, -0.15) is 0 Å². The zero-order valence-electron chi connectivity index (χ0n) is 22.7. The van der Waals surface area contributed by atoms with Crippen LogP contribution < -0.4 is 38.1 Å². The summed E-state index contributed by atoms with van der Waals surface area (Å²) in [5.74, 6) is -6.48. The lowest BCUT2D eigenvalue weighted by atomic mass is 9.95. The maximum atomic E-state index is 13.0. The zero-order valence-corrected chi connectivity index (χ0v) is 22.7. The molecule has 0 spiro atoms. The van der Waals surface area contributed by atoms with Crippen molar-refractivity contribution in [3.05, 3.63) is 35.4 Å². The third-order valence-electron chi connectivity index (χ3n) is 6.23. The number of amides is 4. The van der Waals surface area contributed by atoms with E-state index >= 15 is 0 Å². The molecule has 0 fully saturated rings. The summed E-state index contributed by atoms with van der Waals surface area (Å²) in [7, 11) is 0. The molecule has 1 aromatic rings. The van der Waals surface area contributed by atoms with E-state index in [1.165, 1.54) is 0 Å². The molecule has 0 aliphatic carbocycles. The Kier molecular flexibility index (Phi) is 13.1. The van der Waals surface area contributed by atoms with Crippen LogP contribution in [0.5, 0.6) is 0 Å². The maximum absolute atomic E-state index is 13.0. The second kappa shape index (κ2) is 16.5. The summed E-state index contributed by atoms with van der Waals surface area (Å²) < 4.78 is 0. The van der Waals surface area contributed by atoms with Crippen LogP contribution in [0.15, 0.2) is 29.3 Å². The zero-order chi connectivity index (χ0) is 31.2. The standard InChI is InChI=1S/C25H36N8O9/c26-25(27)28-7-3-6-15(32-22(39)16-8-13-4-1-2-5-14(13)10-29-16)21(38)30-11-19(35)31-17(9-20(36)37)23(40)33-18(12-34)24(41)42/h1-2,4-5,15-18,29,34H,3,6-12H2,(H,30,38)(H,31,35)(H,32,39)(H,33,40)(H,36,37)(H,41,42)(H4,26,27,28)/t15-,16?,17-,18-/m0/s1. The number of aliphatic hydroxyl groups is 1. The summed E-state index contributed by atoms with van der Waals surface area (Å²) in [6.07, 6.45) is -0.0794. The second-order valence-corrected chi connectivity index (χ2v) is 9.43. The van der Waals surface area contributed by atoms with E-state index in [2.05, 4.69) is 26.3 Å². The van der Waals surface area contributed by atoms with E-state index in [0.717, 1.165) is 11.1 Å². The Balaban J connectivity index is 2.02. The van der Waals surface area contributed by atoms with Gasteiger partial charge in [-0.3, -0.25) is 29.0 Å². The van der Waals surface area contributed by atoms with Crippen LogP contribution in [0, 0.1) is 0 Å². The lowest BCUT2D eigenvalue weighted by molar-refractivity contribution is -0.144. The number of aliphatic hydroxyl groups excluding tert-OH is 1. The average molecular weight is 593 g/mol. The topological polar surface area (TPSA) is 288 Å². The van der Waals surface area contributed by atoms with Crippen molar-refractivity contribution in [3.63, 3.8) is 0 Å². The Morgan fingerprint density at radius 1 is 0.952 bits per heavy atom. The quantitative estimate of drug-likeness (QED) is 0.0497. The first-order valence-corrected chi connectivity index (χ1v) is 13.0. The van der Waals surface area contributed by atoms with E-state index in [9.17, 15) is 28.8 Å². The summed E-state index contributed by atoms with van der Waals surface area (Å²) in [5, 5.41) is 39.3. The van der Waals surface area contributed by atoms with E-state index in [4.69, 9.17) is 26.8 Å². The van der Waals surface area contributed by atoms with Crippen molar-refractivity contribution in [2.24, 2.45) is 16.5 Å². The van der Waals surface area contributed by atoms with Gasteiger partial charge < -0.3 is 53.4 Å². The van der Waals surface area contributed by atoms with Gasteiger partial charge in [-0.1, -0.05) is 24.3 Å². The third-order valence-corrected chi connectivity index (χ3v) is 6.23. The number of rotatable bonds is 16. The molecule has 1 aliphatic heterocycles. The minimum absolute atomic E-state index is 0.112. The number of hydrogen-bond donors (Lipinski definition) is 10. The number of aliphatic imine (C=N–C) groups is 1. The number of fused-ring (bicyclic) bond motifs is 1. The Morgan fingerprint density at radius 3 is 2.26 bits per heavy atom. The summed E-state index contributed by atoms with van der Waals surface area (Å²) in [6, 6.07) is 2.51. The number of guanidine groups is 1. The van der Waals surface area contributed by atoms with Gasteiger partial charge in [-0.15, -0.1) is 0 Å². The Labute approximate surface area is 240 Å². The first kappa shape index (κ1) is 33.4. The molecule has 12 N–H and O–H groups in total. The molecule has 1 aromatic carbocycles. The second-order valence-electron chi connectivity index (χ2n) is 9.43. The van der Waals surface area contributed by atoms with E-state index < -0.39 is 79.3 Å². The highest BCUT2D eigenvalue weighted by Gasteiger charge is 2.30. The average Bonchev–Trinajstić information content (AvgIpc) is 2.94. The number of benzene rings is 1. The monoisotopic (exact) mass is 592 g/mol. The van der Waals surface area contributed by atoms with Gasteiger partial charge in [0.25, 0.3) is 0 Å². The largest absolute Gasteiger partial charge is 0.481 e. The highest BCUT2D eigenvalue weighted by Crippen LogP contribution is 2.16. The lowest BCUT2D eigenvalue weighted by Gasteiger charge is -2.27. The van der Waals surface area contributed by atoms with Gasteiger partial charge in [0.05, 0.1) is 25.6 Å². The minimum Gasteiger partial charge on any atom is -0.481 e. The van der Waals surface area contributed by atoms with Crippen LogP contribution in [0.2, 0.25) is 0 Å². The molecular formula is C25H36N8O9. The van der Waals surface area contributed by atoms with Gasteiger partial charge in [0.15, 0.2) is 5.96 Å². The molecule has 17 nitrogen and oxygen atoms in total. The Morgan fingerprint density at radius 2 is 1.64 bits per heavy atom. The lowest BCUT2D eigenvalue weighted by Crippen LogP contribution is -2.56. The van der Waals surface area contributed by atoms with Crippen LogP contribution in [-0.4, -0.2) is 101 Å². The van der Waals surface area contributed by atoms with Crippen molar-refractivity contribution in [1.29, 1.82) is 0 Å². The number of carbonyl (C=O) groups excluding carboxylic acids is 4. The molecule has 1 unspecified atom stereocenters. The summed E-state index contributed by atoms with van der Waals surface area (Å²) in [4.78, 5) is 76.9. The number of nitrogens with zero attached hydrogens (tertiary/aromatic N) is 1. The molecule has 0 saturated heterocycles. The molecule has 0 radical (unpaired) electrons. The van der Waals surface area contributed by atoms with Gasteiger partial charge in [0.2, 0.25) is 23.6 Å². The van der Waals surface area contributed by atoms with Crippen molar-refractivity contribution >= 4 is 41.5 Å². The van der Waals surface area contributed by atoms with Crippen molar-refractivity contribution in [2.45, 2.75) is 56.4 Å². The molecular weight excluding hydrogens is 556 g/mol. The van der Waals surface area contributed by atoms with Crippen LogP contribution >= 0.6 is 0 Å². The van der Waals surface area contributed by atoms with Crippen molar-refractivity contribution in [1.82, 2.24) is 26.6 Å². The highest BCUT2D eigenvalue weighted by atomic mass is 16.4. The van der Waals surface area contributed by atoms with Gasteiger partial charge >= 0.3 is 11.9 Å². The molecule has 4 amide bonds. The number of carbonyl (C=O) groups is 6. The summed E-state index contributed by atoms with van der Waals surface area (Å²) >= 11 is 0. The van der Waals surface area contributed by atoms with E-state index in [0.29, 0.717) is 19.4 Å². The van der Waals surface area contributed by atoms with Crippen molar-refractivity contribution < 1.29 is 44.1 Å². The smallest absolute Gasteiger partial charge is 0.328 e.